The summed E-state index contributed by atoms with van der Waals surface area (Å²) in [7, 11) is -3.01. The molecule has 0 aromatic heterocycles. The summed E-state index contributed by atoms with van der Waals surface area (Å²) in [5.41, 5.74) is -3.66. The average Bonchev–Trinajstić information content (AvgIpc) is 3.67. The number of ketones is 1. The molecule has 1 heterocycles. The maximum absolute atomic E-state index is 15.9. The van der Waals surface area contributed by atoms with Crippen molar-refractivity contribution in [3.8, 4) is 5.75 Å². The van der Waals surface area contributed by atoms with E-state index in [0.29, 0.717) is 28.3 Å². The Morgan fingerprint density at radius 2 is 1.34 bits per heavy atom. The Morgan fingerprint density at radius 1 is 0.785 bits per heavy atom. The molecule has 4 amide bonds. The molecule has 0 radical (unpaired) electrons. The largest absolute Gasteiger partial charge is 0.497 e. The van der Waals surface area contributed by atoms with Gasteiger partial charge in [0.2, 0.25) is 11.8 Å². The predicted molar refractivity (Wildman–Crippen MR) is 218 cm³/mol. The first-order chi connectivity index (χ1) is 29.9. The number of carbonyl (C=O) groups is 5. The highest BCUT2D eigenvalue weighted by Crippen LogP contribution is 2.40. The van der Waals surface area contributed by atoms with Gasteiger partial charge in [0, 0.05) is 25.1 Å². The normalized spacial score (nSPS) is 16.9. The van der Waals surface area contributed by atoms with Gasteiger partial charge in [-0.25, -0.2) is 13.2 Å². The molecule has 4 atom stereocenters. The van der Waals surface area contributed by atoms with Gasteiger partial charge in [-0.1, -0.05) is 68.4 Å². The first-order valence-corrected chi connectivity index (χ1v) is 21.6. The highest BCUT2D eigenvalue weighted by atomic mass is 32.2. The Bertz CT molecular complexity index is 2320. The number of hydrogen-bond donors (Lipinski definition) is 3. The first kappa shape index (κ1) is 51.8. The number of alkyl carbamates (subject to hydrolysis) is 1. The Kier molecular flexibility index (Phi) is 16.1. The second-order valence-corrected chi connectivity index (χ2v) is 18.9. The first-order valence-electron chi connectivity index (χ1n) is 19.9. The van der Waals surface area contributed by atoms with Gasteiger partial charge in [0.15, 0.2) is 9.84 Å². The second kappa shape index (κ2) is 20.2. The van der Waals surface area contributed by atoms with Crippen LogP contribution in [0.1, 0.15) is 68.9 Å². The molecule has 4 rings (SSSR count). The maximum atomic E-state index is 15.9. The maximum Gasteiger partial charge on any atom is 0.452 e. The molecule has 0 spiro atoms. The molecule has 3 aromatic carbocycles. The van der Waals surface area contributed by atoms with Gasteiger partial charge in [0.05, 0.1) is 29.7 Å². The van der Waals surface area contributed by atoms with Crippen molar-refractivity contribution in [2.75, 3.05) is 13.7 Å². The quantitative estimate of drug-likeness (QED) is 0.137. The monoisotopic (exact) mass is 948 g/mol. The van der Waals surface area contributed by atoms with Crippen LogP contribution in [0, 0.1) is 5.92 Å². The number of amides is 4. The van der Waals surface area contributed by atoms with Crippen molar-refractivity contribution in [2.45, 2.75) is 107 Å². The molecule has 13 nitrogen and oxygen atoms in total. The molecule has 356 valence electrons. The van der Waals surface area contributed by atoms with Crippen LogP contribution < -0.4 is 20.7 Å². The molecule has 0 aliphatic carbocycles. The minimum absolute atomic E-state index is 0.0791. The average molecular weight is 949 g/mol. The summed E-state index contributed by atoms with van der Waals surface area (Å²) >= 11 is 0. The number of rotatable bonds is 16. The van der Waals surface area contributed by atoms with Crippen LogP contribution in [-0.4, -0.2) is 91.7 Å². The van der Waals surface area contributed by atoms with Crippen LogP contribution in [0.5, 0.6) is 5.75 Å². The van der Waals surface area contributed by atoms with Gasteiger partial charge in [-0.3, -0.25) is 19.2 Å². The zero-order valence-corrected chi connectivity index (χ0v) is 36.7. The SMILES string of the molecule is COc1ccc(CS(=O)(=O)[C@@H]2C[C@@H](C(=O)N[C@H](C(=O)C(F)(F)F)C(C)C)N(C(=O)[C@H](Cc3ccc(CNC(=O)OC(C)(C)C)cc3)NC(=O)C(F)(F)c3ccccc3C(F)(F)F)C2)cc1. The number of methoxy groups -OCH3 is 1. The van der Waals surface area contributed by atoms with E-state index in [1.807, 2.05) is 5.32 Å². The molecule has 1 saturated heterocycles. The van der Waals surface area contributed by atoms with E-state index in [4.69, 9.17) is 9.47 Å². The Hall–Kier alpha value is -5.80. The summed E-state index contributed by atoms with van der Waals surface area (Å²) in [6.45, 7) is 6.31. The summed E-state index contributed by atoms with van der Waals surface area (Å²) in [5.74, 6) is -14.1. The topological polar surface area (TPSA) is 177 Å². The third kappa shape index (κ3) is 13.6. The minimum Gasteiger partial charge on any atom is -0.497 e. The number of carbonyl (C=O) groups excluding carboxylic acids is 5. The molecule has 22 heteroatoms. The van der Waals surface area contributed by atoms with Gasteiger partial charge in [-0.05, 0) is 68.0 Å². The number of halogens is 8. The molecular weight excluding hydrogens is 901 g/mol. The Balaban J connectivity index is 1.77. The number of sulfone groups is 1. The van der Waals surface area contributed by atoms with Crippen molar-refractivity contribution in [3.63, 3.8) is 0 Å². The number of benzene rings is 3. The molecule has 1 aliphatic rings. The van der Waals surface area contributed by atoms with Crippen molar-refractivity contribution in [3.05, 3.63) is 101 Å². The van der Waals surface area contributed by atoms with Gasteiger partial charge >= 0.3 is 24.4 Å². The lowest BCUT2D eigenvalue weighted by Crippen LogP contribution is -2.58. The van der Waals surface area contributed by atoms with Crippen LogP contribution in [-0.2, 0) is 64.6 Å². The second-order valence-electron chi connectivity index (χ2n) is 16.6. The number of likely N-dealkylation sites (tertiary alicyclic amines) is 1. The molecule has 3 N–H and O–H groups in total. The fourth-order valence-electron chi connectivity index (χ4n) is 6.88. The lowest BCUT2D eigenvalue weighted by atomic mass is 9.98. The van der Waals surface area contributed by atoms with Crippen LogP contribution in [0.15, 0.2) is 72.8 Å². The van der Waals surface area contributed by atoms with Crippen LogP contribution in [0.4, 0.5) is 39.9 Å². The minimum atomic E-state index is -5.44. The van der Waals surface area contributed by atoms with Crippen molar-refractivity contribution < 1.29 is 77.0 Å². The summed E-state index contributed by atoms with van der Waals surface area (Å²) in [6, 6.07) is 7.21. The van der Waals surface area contributed by atoms with Gasteiger partial charge in [-0.2, -0.15) is 35.1 Å². The van der Waals surface area contributed by atoms with E-state index in [-0.39, 0.29) is 17.7 Å². The molecular formula is C43H48F8N4O9S. The van der Waals surface area contributed by atoms with E-state index in [2.05, 4.69) is 5.32 Å². The van der Waals surface area contributed by atoms with Crippen LogP contribution >= 0.6 is 0 Å². The highest BCUT2D eigenvalue weighted by molar-refractivity contribution is 7.91. The van der Waals surface area contributed by atoms with E-state index in [1.165, 1.54) is 69.5 Å². The predicted octanol–water partition coefficient (Wildman–Crippen LogP) is 6.41. The molecule has 0 saturated carbocycles. The number of nitrogens with zero attached hydrogens (tertiary/aromatic N) is 1. The summed E-state index contributed by atoms with van der Waals surface area (Å²) in [4.78, 5) is 67.2. The number of nitrogens with one attached hydrogen (secondary N) is 3. The summed E-state index contributed by atoms with van der Waals surface area (Å²) in [6.07, 6.45) is -13.0. The highest BCUT2D eigenvalue weighted by Gasteiger charge is 2.52. The van der Waals surface area contributed by atoms with E-state index >= 15 is 8.78 Å². The lowest BCUT2D eigenvalue weighted by molar-refractivity contribution is -0.175. The molecule has 0 bridgehead atoms. The van der Waals surface area contributed by atoms with Crippen LogP contribution in [0.25, 0.3) is 0 Å². The third-order valence-electron chi connectivity index (χ3n) is 10.2. The van der Waals surface area contributed by atoms with Gasteiger partial charge in [0.25, 0.3) is 11.7 Å². The van der Waals surface area contributed by atoms with Crippen molar-refractivity contribution in [2.24, 2.45) is 5.92 Å². The lowest BCUT2D eigenvalue weighted by Gasteiger charge is -2.31. The van der Waals surface area contributed by atoms with Crippen molar-refractivity contribution in [1.82, 2.24) is 20.9 Å². The zero-order valence-electron chi connectivity index (χ0n) is 35.9. The zero-order chi connectivity index (χ0) is 48.9. The summed E-state index contributed by atoms with van der Waals surface area (Å²) < 4.78 is 152. The smallest absolute Gasteiger partial charge is 0.452 e. The van der Waals surface area contributed by atoms with E-state index in [9.17, 15) is 58.7 Å². The van der Waals surface area contributed by atoms with Gasteiger partial charge < -0.3 is 30.3 Å². The third-order valence-corrected chi connectivity index (χ3v) is 12.3. The standard InChI is InChI=1S/C43H48F8N4O9S/c1-24(2)34(35(56)43(49,50)51)54-36(57)33-20-29(65(61,62)23-27-15-17-28(63-6)18-16-27)22-55(33)37(58)32(19-25-11-13-26(14-12-25)21-52-39(60)64-40(3,4)5)53-38(59)41(44,45)30-9-7-8-10-31(30)42(46,47)48/h7-18,24,29,32-34H,19-23H2,1-6H3,(H,52,60)(H,53,59)(H,54,57)/t29-,32+,33+,34+/m1/s1. The van der Waals surface area contributed by atoms with E-state index in [1.54, 1.807) is 26.1 Å². The number of ether oxygens (including phenoxy) is 2. The van der Waals surface area contributed by atoms with E-state index in [0.717, 1.165) is 12.1 Å². The van der Waals surface area contributed by atoms with Gasteiger partial charge in [-0.15, -0.1) is 0 Å². The molecule has 3 aromatic rings. The number of Topliss-reactive ketones (excluding diaryl/α,β-unsaturated/α-hetero) is 1. The fourth-order valence-corrected chi connectivity index (χ4v) is 8.63. The Morgan fingerprint density at radius 3 is 1.86 bits per heavy atom. The number of alkyl halides is 8. The Labute approximate surface area is 369 Å². The summed E-state index contributed by atoms with van der Waals surface area (Å²) in [5, 5.41) is 4.62. The molecule has 65 heavy (non-hydrogen) atoms. The van der Waals surface area contributed by atoms with Crippen molar-refractivity contribution >= 4 is 39.4 Å². The van der Waals surface area contributed by atoms with E-state index < -0.39 is 129 Å². The number of hydrogen-bond acceptors (Lipinski definition) is 9. The molecule has 0 unspecified atom stereocenters. The molecule has 1 aliphatic heterocycles. The fraction of sp³-hybridized carbons (Fsp3) is 0.465. The molecule has 1 fully saturated rings. The van der Waals surface area contributed by atoms with Crippen LogP contribution in [0.3, 0.4) is 0 Å². The van der Waals surface area contributed by atoms with Crippen molar-refractivity contribution in [1.29, 1.82) is 0 Å². The van der Waals surface area contributed by atoms with Crippen LogP contribution in [0.2, 0.25) is 0 Å². The van der Waals surface area contributed by atoms with Gasteiger partial charge in [0.1, 0.15) is 23.4 Å².